The molecule has 0 aliphatic carbocycles. The second-order valence-corrected chi connectivity index (χ2v) is 9.99. The smallest absolute Gasteiger partial charge is 0.252 e. The number of rotatable bonds is 3. The summed E-state index contributed by atoms with van der Waals surface area (Å²) in [6.07, 6.45) is 0. The Morgan fingerprint density at radius 3 is 2.18 bits per heavy atom. The third-order valence-electron chi connectivity index (χ3n) is 3.57. The van der Waals surface area contributed by atoms with E-state index in [9.17, 15) is 8.42 Å². The van der Waals surface area contributed by atoms with Gasteiger partial charge in [0.05, 0.1) is 3.79 Å². The summed E-state index contributed by atoms with van der Waals surface area (Å²) in [5, 5.41) is 0.702. The first-order valence-electron chi connectivity index (χ1n) is 6.73. The summed E-state index contributed by atoms with van der Waals surface area (Å²) in [4.78, 5) is 2.17. The summed E-state index contributed by atoms with van der Waals surface area (Å²) in [7, 11) is -3.38. The summed E-state index contributed by atoms with van der Waals surface area (Å²) in [5.41, 5.74) is 1.07. The van der Waals surface area contributed by atoms with Gasteiger partial charge >= 0.3 is 0 Å². The zero-order valence-electron chi connectivity index (χ0n) is 11.6. The van der Waals surface area contributed by atoms with Crippen LogP contribution < -0.4 is 4.90 Å². The number of hydrogen-bond donors (Lipinski definition) is 0. The minimum absolute atomic E-state index is 0.388. The largest absolute Gasteiger partial charge is 0.369 e. The van der Waals surface area contributed by atoms with Crippen molar-refractivity contribution in [3.05, 3.63) is 45.2 Å². The van der Waals surface area contributed by atoms with Gasteiger partial charge in [-0.15, -0.1) is 11.3 Å². The molecule has 8 heteroatoms. The van der Waals surface area contributed by atoms with Gasteiger partial charge in [-0.1, -0.05) is 11.6 Å². The maximum Gasteiger partial charge on any atom is 0.252 e. The molecule has 3 rings (SSSR count). The standard InChI is InChI=1S/C14H14BrClN2O2S2/c15-13-5-6-14(21-13)22(19,20)18-9-7-17(8-10-18)12-3-1-11(16)2-4-12/h1-6H,7-10H2. The van der Waals surface area contributed by atoms with E-state index in [0.717, 1.165) is 9.47 Å². The van der Waals surface area contributed by atoms with Gasteiger partial charge in [-0.3, -0.25) is 0 Å². The fourth-order valence-electron chi connectivity index (χ4n) is 2.40. The van der Waals surface area contributed by atoms with Crippen molar-refractivity contribution in [2.24, 2.45) is 0 Å². The van der Waals surface area contributed by atoms with E-state index in [4.69, 9.17) is 11.6 Å². The number of hydrogen-bond acceptors (Lipinski definition) is 4. The van der Waals surface area contributed by atoms with Crippen LogP contribution in [0.25, 0.3) is 0 Å². The lowest BCUT2D eigenvalue weighted by atomic mass is 10.2. The van der Waals surface area contributed by atoms with Crippen LogP contribution in [0.15, 0.2) is 44.4 Å². The van der Waals surface area contributed by atoms with Crippen LogP contribution in [0.1, 0.15) is 0 Å². The van der Waals surface area contributed by atoms with E-state index in [0.29, 0.717) is 35.4 Å². The molecule has 4 nitrogen and oxygen atoms in total. The Morgan fingerprint density at radius 1 is 1.00 bits per heavy atom. The minimum Gasteiger partial charge on any atom is -0.369 e. The van der Waals surface area contributed by atoms with E-state index >= 15 is 0 Å². The van der Waals surface area contributed by atoms with Crippen LogP contribution in [0, 0.1) is 0 Å². The SMILES string of the molecule is O=S(=O)(c1ccc(Br)s1)N1CCN(c2ccc(Cl)cc2)CC1. The second-order valence-electron chi connectivity index (χ2n) is 4.93. The van der Waals surface area contributed by atoms with E-state index in [2.05, 4.69) is 20.8 Å². The summed E-state index contributed by atoms with van der Waals surface area (Å²) < 4.78 is 27.9. The van der Waals surface area contributed by atoms with Crippen molar-refractivity contribution in [2.45, 2.75) is 4.21 Å². The van der Waals surface area contributed by atoms with Gasteiger partial charge in [0.15, 0.2) is 0 Å². The molecule has 0 unspecified atom stereocenters. The zero-order chi connectivity index (χ0) is 15.7. The lowest BCUT2D eigenvalue weighted by Crippen LogP contribution is -2.48. The first kappa shape index (κ1) is 16.3. The molecule has 1 aliphatic heterocycles. The molecule has 1 aromatic heterocycles. The first-order chi connectivity index (χ1) is 10.5. The Morgan fingerprint density at radius 2 is 1.64 bits per heavy atom. The molecule has 0 spiro atoms. The Hall–Kier alpha value is -0.600. The van der Waals surface area contributed by atoms with Gasteiger partial charge in [-0.05, 0) is 52.3 Å². The Kier molecular flexibility index (Phi) is 4.80. The maximum absolute atomic E-state index is 12.6. The van der Waals surface area contributed by atoms with Crippen LogP contribution in [0.2, 0.25) is 5.02 Å². The van der Waals surface area contributed by atoms with Gasteiger partial charge in [-0.25, -0.2) is 8.42 Å². The molecule has 1 aliphatic rings. The van der Waals surface area contributed by atoms with Crippen LogP contribution in [0.4, 0.5) is 5.69 Å². The van der Waals surface area contributed by atoms with Crippen LogP contribution in [-0.2, 0) is 10.0 Å². The summed E-state index contributed by atoms with van der Waals surface area (Å²) in [6.45, 7) is 2.32. The predicted octanol–water partition coefficient (Wildman–Crippen LogP) is 3.67. The van der Waals surface area contributed by atoms with Gasteiger partial charge in [-0.2, -0.15) is 4.31 Å². The molecule has 0 bridgehead atoms. The van der Waals surface area contributed by atoms with Crippen LogP contribution in [0.5, 0.6) is 0 Å². The topological polar surface area (TPSA) is 40.6 Å². The van der Waals surface area contributed by atoms with Crippen molar-refractivity contribution in [1.82, 2.24) is 4.31 Å². The highest BCUT2D eigenvalue weighted by Crippen LogP contribution is 2.29. The van der Waals surface area contributed by atoms with E-state index in [1.807, 2.05) is 24.3 Å². The van der Waals surface area contributed by atoms with Gasteiger partial charge in [0.25, 0.3) is 10.0 Å². The molecule has 2 aromatic rings. The quantitative estimate of drug-likeness (QED) is 0.759. The fraction of sp³-hybridized carbons (Fsp3) is 0.286. The highest BCUT2D eigenvalue weighted by atomic mass is 79.9. The number of halogens is 2. The molecule has 1 aromatic carbocycles. The molecule has 0 radical (unpaired) electrons. The molecule has 0 amide bonds. The van der Waals surface area contributed by atoms with Crippen LogP contribution in [-0.4, -0.2) is 38.9 Å². The van der Waals surface area contributed by atoms with E-state index in [-0.39, 0.29) is 0 Å². The van der Waals surface area contributed by atoms with E-state index in [1.54, 1.807) is 16.4 Å². The van der Waals surface area contributed by atoms with Crippen molar-refractivity contribution in [3.63, 3.8) is 0 Å². The lowest BCUT2D eigenvalue weighted by molar-refractivity contribution is 0.386. The molecule has 22 heavy (non-hydrogen) atoms. The molecular formula is C14H14BrClN2O2S2. The number of thiophene rings is 1. The van der Waals surface area contributed by atoms with Gasteiger partial charge < -0.3 is 4.90 Å². The molecule has 2 heterocycles. The minimum atomic E-state index is -3.38. The number of nitrogens with zero attached hydrogens (tertiary/aromatic N) is 2. The van der Waals surface area contributed by atoms with E-state index in [1.165, 1.54) is 11.3 Å². The number of anilines is 1. The fourth-order valence-corrected chi connectivity index (χ4v) is 6.11. The average Bonchev–Trinajstić information content (AvgIpc) is 2.96. The van der Waals surface area contributed by atoms with Crippen LogP contribution in [0.3, 0.4) is 0 Å². The lowest BCUT2D eigenvalue weighted by Gasteiger charge is -2.35. The molecule has 1 saturated heterocycles. The van der Waals surface area contributed by atoms with Crippen molar-refractivity contribution in [1.29, 1.82) is 0 Å². The van der Waals surface area contributed by atoms with Crippen molar-refractivity contribution in [3.8, 4) is 0 Å². The van der Waals surface area contributed by atoms with Crippen molar-refractivity contribution in [2.75, 3.05) is 31.1 Å². The molecule has 1 fully saturated rings. The Bertz CT molecular complexity index is 753. The average molecular weight is 422 g/mol. The molecule has 0 atom stereocenters. The Labute approximate surface area is 147 Å². The number of piperazine rings is 1. The third kappa shape index (κ3) is 3.33. The predicted molar refractivity (Wildman–Crippen MR) is 94.4 cm³/mol. The number of sulfonamides is 1. The third-order valence-corrected chi connectivity index (χ3v) is 7.81. The Balaban J connectivity index is 1.70. The molecule has 0 N–H and O–H groups in total. The van der Waals surface area contributed by atoms with Gasteiger partial charge in [0.2, 0.25) is 0 Å². The highest BCUT2D eigenvalue weighted by Gasteiger charge is 2.29. The zero-order valence-corrected chi connectivity index (χ0v) is 15.6. The van der Waals surface area contributed by atoms with E-state index < -0.39 is 10.0 Å². The van der Waals surface area contributed by atoms with Gasteiger partial charge in [0, 0.05) is 36.9 Å². The van der Waals surface area contributed by atoms with Crippen molar-refractivity contribution >= 4 is 54.6 Å². The van der Waals surface area contributed by atoms with Crippen molar-refractivity contribution < 1.29 is 8.42 Å². The summed E-state index contributed by atoms with van der Waals surface area (Å²) in [6, 6.07) is 11.0. The molecule has 0 saturated carbocycles. The highest BCUT2D eigenvalue weighted by molar-refractivity contribution is 9.11. The van der Waals surface area contributed by atoms with Crippen LogP contribution >= 0.6 is 38.9 Å². The molecular weight excluding hydrogens is 408 g/mol. The summed E-state index contributed by atoms with van der Waals surface area (Å²) in [5.74, 6) is 0. The normalized spacial score (nSPS) is 16.9. The maximum atomic E-state index is 12.6. The van der Waals surface area contributed by atoms with Gasteiger partial charge in [0.1, 0.15) is 4.21 Å². The molecule has 118 valence electrons. The first-order valence-corrected chi connectivity index (χ1v) is 10.2. The summed E-state index contributed by atoms with van der Waals surface area (Å²) >= 11 is 10.5. The monoisotopic (exact) mass is 420 g/mol. The number of benzene rings is 1. The second kappa shape index (κ2) is 6.49.